The van der Waals surface area contributed by atoms with Crippen molar-refractivity contribution in [3.05, 3.63) is 64.7 Å². The first-order chi connectivity index (χ1) is 14.9. The summed E-state index contributed by atoms with van der Waals surface area (Å²) in [4.78, 5) is 0. The SMILES string of the molecule is CNCc1ccc(C[C@H](COC=N)c2nnc(-c3cccc(OC(F)(F)F)c3)s2)cc1. The number of ether oxygens (including phenoxy) is 2. The number of hydrogen-bond acceptors (Lipinski definition) is 7. The van der Waals surface area contributed by atoms with Crippen LogP contribution in [0.15, 0.2) is 48.5 Å². The van der Waals surface area contributed by atoms with Crippen molar-refractivity contribution in [2.75, 3.05) is 13.7 Å². The van der Waals surface area contributed by atoms with E-state index in [-0.39, 0.29) is 18.3 Å². The lowest BCUT2D eigenvalue weighted by molar-refractivity contribution is -0.274. The van der Waals surface area contributed by atoms with Crippen molar-refractivity contribution >= 4 is 17.7 Å². The molecule has 10 heteroatoms. The van der Waals surface area contributed by atoms with E-state index < -0.39 is 6.36 Å². The average Bonchev–Trinajstić information content (AvgIpc) is 3.22. The van der Waals surface area contributed by atoms with Gasteiger partial charge >= 0.3 is 6.36 Å². The highest BCUT2D eigenvalue weighted by Crippen LogP contribution is 2.32. The number of halogens is 3. The Morgan fingerprint density at radius 3 is 2.55 bits per heavy atom. The third-order valence-corrected chi connectivity index (χ3v) is 5.51. The van der Waals surface area contributed by atoms with Crippen molar-refractivity contribution in [3.8, 4) is 16.3 Å². The van der Waals surface area contributed by atoms with Gasteiger partial charge in [0.15, 0.2) is 6.40 Å². The topological polar surface area (TPSA) is 80.1 Å². The van der Waals surface area contributed by atoms with Crippen molar-refractivity contribution in [1.82, 2.24) is 15.5 Å². The van der Waals surface area contributed by atoms with Gasteiger partial charge < -0.3 is 14.8 Å². The van der Waals surface area contributed by atoms with Crippen LogP contribution in [0.2, 0.25) is 0 Å². The second kappa shape index (κ2) is 10.4. The van der Waals surface area contributed by atoms with Gasteiger partial charge in [-0.05, 0) is 36.7 Å². The zero-order valence-corrected chi connectivity index (χ0v) is 17.5. The summed E-state index contributed by atoms with van der Waals surface area (Å²) in [5, 5.41) is 19.8. The highest BCUT2D eigenvalue weighted by Gasteiger charge is 2.31. The molecule has 0 aliphatic rings. The molecule has 0 aliphatic carbocycles. The van der Waals surface area contributed by atoms with E-state index in [0.717, 1.165) is 24.1 Å². The zero-order valence-electron chi connectivity index (χ0n) is 16.6. The van der Waals surface area contributed by atoms with Gasteiger partial charge in [-0.2, -0.15) is 0 Å². The van der Waals surface area contributed by atoms with Gasteiger partial charge in [-0.3, -0.25) is 5.41 Å². The van der Waals surface area contributed by atoms with Gasteiger partial charge in [-0.15, -0.1) is 23.4 Å². The predicted molar refractivity (Wildman–Crippen MR) is 112 cm³/mol. The Morgan fingerprint density at radius 2 is 1.87 bits per heavy atom. The number of hydrogen-bond donors (Lipinski definition) is 2. The van der Waals surface area contributed by atoms with Crippen molar-refractivity contribution in [1.29, 1.82) is 5.41 Å². The van der Waals surface area contributed by atoms with Gasteiger partial charge in [-0.25, -0.2) is 0 Å². The summed E-state index contributed by atoms with van der Waals surface area (Å²) in [5.41, 5.74) is 2.72. The van der Waals surface area contributed by atoms with Crippen LogP contribution >= 0.6 is 11.3 Å². The monoisotopic (exact) mass is 450 g/mol. The number of aromatic nitrogens is 2. The summed E-state index contributed by atoms with van der Waals surface area (Å²) in [7, 11) is 1.89. The second-order valence-electron chi connectivity index (χ2n) is 6.72. The Balaban J connectivity index is 1.79. The minimum Gasteiger partial charge on any atom is -0.483 e. The third kappa shape index (κ3) is 6.76. The molecule has 1 aromatic heterocycles. The molecule has 0 spiro atoms. The molecule has 1 atom stereocenters. The van der Waals surface area contributed by atoms with E-state index in [9.17, 15) is 13.2 Å². The molecule has 1 heterocycles. The third-order valence-electron chi connectivity index (χ3n) is 4.37. The Labute approximate surface area is 181 Å². The Bertz CT molecular complexity index is 993. The molecule has 2 aromatic carbocycles. The van der Waals surface area contributed by atoms with E-state index >= 15 is 0 Å². The number of rotatable bonds is 10. The summed E-state index contributed by atoms with van der Waals surface area (Å²) in [6.45, 7) is 1.02. The standard InChI is InChI=1S/C21H21F3N4O2S/c1-26-11-15-7-5-14(6-8-15)9-17(12-29-13-25)20-28-27-19(31-20)16-3-2-4-18(10-16)30-21(22,23)24/h2-8,10,13,17,25-26H,9,11-12H2,1H3/t17-/m1/s1. The molecule has 0 radical (unpaired) electrons. The number of alkyl halides is 3. The van der Waals surface area contributed by atoms with Gasteiger partial charge in [0.2, 0.25) is 0 Å². The van der Waals surface area contributed by atoms with Crippen LogP contribution in [0.1, 0.15) is 22.1 Å². The minimum atomic E-state index is -4.76. The molecular formula is C21H21F3N4O2S. The van der Waals surface area contributed by atoms with Crippen LogP contribution in [0.25, 0.3) is 10.6 Å². The van der Waals surface area contributed by atoms with E-state index in [0.29, 0.717) is 22.0 Å². The molecule has 0 unspecified atom stereocenters. The molecule has 0 bridgehead atoms. The lowest BCUT2D eigenvalue weighted by Gasteiger charge is -2.13. The largest absolute Gasteiger partial charge is 0.573 e. The van der Waals surface area contributed by atoms with Crippen LogP contribution in [-0.4, -0.2) is 36.6 Å². The van der Waals surface area contributed by atoms with E-state index in [1.807, 2.05) is 31.3 Å². The summed E-state index contributed by atoms with van der Waals surface area (Å²) in [6, 6.07) is 13.8. The van der Waals surface area contributed by atoms with Gasteiger partial charge in [0, 0.05) is 12.1 Å². The van der Waals surface area contributed by atoms with Crippen molar-refractivity contribution in [2.45, 2.75) is 25.2 Å². The molecule has 0 aliphatic heterocycles. The van der Waals surface area contributed by atoms with Crippen LogP contribution in [0.5, 0.6) is 5.75 Å². The van der Waals surface area contributed by atoms with Crippen molar-refractivity contribution < 1.29 is 22.6 Å². The molecular weight excluding hydrogens is 429 g/mol. The van der Waals surface area contributed by atoms with Crippen LogP contribution in [-0.2, 0) is 17.7 Å². The van der Waals surface area contributed by atoms with Crippen LogP contribution in [0.4, 0.5) is 13.2 Å². The number of benzene rings is 2. The fourth-order valence-corrected chi connectivity index (χ4v) is 3.93. The smallest absolute Gasteiger partial charge is 0.483 e. The molecule has 164 valence electrons. The minimum absolute atomic E-state index is 0.155. The lowest BCUT2D eigenvalue weighted by atomic mass is 9.99. The van der Waals surface area contributed by atoms with Gasteiger partial charge in [0.25, 0.3) is 0 Å². The Hall–Kier alpha value is -2.98. The first-order valence-electron chi connectivity index (χ1n) is 9.40. The summed E-state index contributed by atoms with van der Waals surface area (Å²) >= 11 is 1.28. The molecule has 2 N–H and O–H groups in total. The van der Waals surface area contributed by atoms with Crippen molar-refractivity contribution in [3.63, 3.8) is 0 Å². The Kier molecular flexibility index (Phi) is 7.59. The molecule has 0 saturated heterocycles. The first kappa shape index (κ1) is 22.7. The predicted octanol–water partition coefficient (Wildman–Crippen LogP) is 4.77. The highest BCUT2D eigenvalue weighted by atomic mass is 32.1. The molecule has 0 fully saturated rings. The van der Waals surface area contributed by atoms with E-state index in [4.69, 9.17) is 10.1 Å². The van der Waals surface area contributed by atoms with Crippen LogP contribution in [0.3, 0.4) is 0 Å². The quantitative estimate of drug-likeness (QED) is 0.344. The van der Waals surface area contributed by atoms with Crippen LogP contribution < -0.4 is 10.1 Å². The molecule has 3 rings (SSSR count). The number of nitrogens with zero attached hydrogens (tertiary/aromatic N) is 2. The molecule has 0 saturated carbocycles. The van der Waals surface area contributed by atoms with Crippen LogP contribution in [0, 0.1) is 5.41 Å². The van der Waals surface area contributed by atoms with Gasteiger partial charge in [0.05, 0.1) is 12.5 Å². The molecule has 0 amide bonds. The van der Waals surface area contributed by atoms with E-state index in [1.165, 1.54) is 29.5 Å². The fourth-order valence-electron chi connectivity index (χ4n) is 3.01. The Morgan fingerprint density at radius 1 is 1.13 bits per heavy atom. The maximum atomic E-state index is 12.5. The summed E-state index contributed by atoms with van der Waals surface area (Å²) < 4.78 is 46.7. The summed E-state index contributed by atoms with van der Waals surface area (Å²) in [5.74, 6) is -0.468. The summed E-state index contributed by atoms with van der Waals surface area (Å²) in [6.07, 6.45) is -3.26. The van der Waals surface area contributed by atoms with Gasteiger partial charge in [0.1, 0.15) is 15.8 Å². The molecule has 3 aromatic rings. The van der Waals surface area contributed by atoms with E-state index in [2.05, 4.69) is 20.3 Å². The maximum Gasteiger partial charge on any atom is 0.573 e. The molecule has 31 heavy (non-hydrogen) atoms. The average molecular weight is 450 g/mol. The lowest BCUT2D eigenvalue weighted by Crippen LogP contribution is -2.17. The van der Waals surface area contributed by atoms with Crippen molar-refractivity contribution in [2.24, 2.45) is 0 Å². The highest BCUT2D eigenvalue weighted by molar-refractivity contribution is 7.14. The zero-order chi connectivity index (χ0) is 22.3. The molecule has 6 nitrogen and oxygen atoms in total. The number of nitrogens with one attached hydrogen (secondary N) is 2. The maximum absolute atomic E-state index is 12.5. The second-order valence-corrected chi connectivity index (χ2v) is 7.73. The van der Waals surface area contributed by atoms with Gasteiger partial charge in [-0.1, -0.05) is 47.7 Å². The fraction of sp³-hybridized carbons (Fsp3) is 0.286. The van der Waals surface area contributed by atoms with E-state index in [1.54, 1.807) is 6.07 Å². The first-order valence-corrected chi connectivity index (χ1v) is 10.2. The normalized spacial score (nSPS) is 12.4.